The van der Waals surface area contributed by atoms with Gasteiger partial charge in [0.15, 0.2) is 5.70 Å². The van der Waals surface area contributed by atoms with Crippen molar-refractivity contribution >= 4 is 39.6 Å². The summed E-state index contributed by atoms with van der Waals surface area (Å²) >= 11 is 0. The van der Waals surface area contributed by atoms with E-state index in [2.05, 4.69) is 24.8 Å². The van der Waals surface area contributed by atoms with Gasteiger partial charge >= 0.3 is 5.97 Å². The zero-order valence-corrected chi connectivity index (χ0v) is 17.4. The Balaban J connectivity index is 1.20. The van der Waals surface area contributed by atoms with Gasteiger partial charge < -0.3 is 19.5 Å². The number of benzene rings is 3. The third-order valence-electron chi connectivity index (χ3n) is 5.94. The number of carbonyl (C=O) groups is 1. The maximum absolute atomic E-state index is 12.5. The number of hydrogen-bond acceptors (Lipinski definition) is 6. The number of carbonyl (C=O) groups excluding carboxylic acids is 1. The van der Waals surface area contributed by atoms with Crippen molar-refractivity contribution in [3.05, 3.63) is 84.2 Å². The topological polar surface area (TPSA) is 73.8 Å². The lowest BCUT2D eigenvalue weighted by molar-refractivity contribution is -0.130. The van der Waals surface area contributed by atoms with Crippen molar-refractivity contribution in [2.45, 2.75) is 0 Å². The molecule has 3 heterocycles. The summed E-state index contributed by atoms with van der Waals surface area (Å²) in [6.07, 6.45) is 1.82. The molecule has 0 bridgehead atoms. The molecule has 0 aliphatic carbocycles. The van der Waals surface area contributed by atoms with E-state index in [1.165, 1.54) is 0 Å². The van der Waals surface area contributed by atoms with Gasteiger partial charge in [-0.2, -0.15) is 0 Å². The number of rotatable bonds is 3. The number of esters is 1. The molecule has 7 nitrogen and oxygen atoms in total. The van der Waals surface area contributed by atoms with Crippen LogP contribution in [0.4, 0.5) is 5.95 Å². The quantitative estimate of drug-likeness (QED) is 0.402. The Morgan fingerprint density at radius 2 is 1.69 bits per heavy atom. The van der Waals surface area contributed by atoms with E-state index in [0.29, 0.717) is 11.6 Å². The number of piperazine rings is 1. The third kappa shape index (κ3) is 3.28. The monoisotopic (exact) mass is 423 g/mol. The Kier molecular flexibility index (Phi) is 4.38. The number of aromatic nitrogens is 2. The molecule has 0 atom stereocenters. The Morgan fingerprint density at radius 3 is 2.56 bits per heavy atom. The minimum atomic E-state index is -0.410. The van der Waals surface area contributed by atoms with E-state index in [9.17, 15) is 4.79 Å². The molecule has 32 heavy (non-hydrogen) atoms. The number of hydrogen-bond donors (Lipinski definition) is 1. The lowest BCUT2D eigenvalue weighted by Gasteiger charge is -2.33. The summed E-state index contributed by atoms with van der Waals surface area (Å²) in [5.41, 5.74) is 3.17. The third-order valence-corrected chi connectivity index (χ3v) is 5.94. The molecule has 2 aliphatic rings. The van der Waals surface area contributed by atoms with E-state index in [1.54, 1.807) is 0 Å². The van der Waals surface area contributed by atoms with Gasteiger partial charge in [-0.05, 0) is 29.0 Å². The highest BCUT2D eigenvalue weighted by Crippen LogP contribution is 2.24. The summed E-state index contributed by atoms with van der Waals surface area (Å²) in [5, 5.41) is 2.10. The average Bonchev–Trinajstić information content (AvgIpc) is 3.43. The van der Waals surface area contributed by atoms with Gasteiger partial charge in [0.1, 0.15) is 0 Å². The molecule has 7 heteroatoms. The van der Waals surface area contributed by atoms with Gasteiger partial charge in [-0.25, -0.2) is 14.8 Å². The standard InChI is InChI=1S/C25H21N5O2/c31-24-22(26-23(32-24)19-9-5-7-17-6-1-2-8-18(17)19)16-29-12-14-30(15-13-29)25-27-20-10-3-4-11-21(20)28-25/h1-11,16H,12-15H2,(H,27,28)/b22-16-. The van der Waals surface area contributed by atoms with Crippen molar-refractivity contribution in [3.63, 3.8) is 0 Å². The number of para-hydroxylation sites is 2. The molecule has 4 aromatic rings. The maximum Gasteiger partial charge on any atom is 0.365 e. The highest BCUT2D eigenvalue weighted by atomic mass is 16.6. The Labute approximate surface area is 184 Å². The van der Waals surface area contributed by atoms with Crippen LogP contribution in [0, 0.1) is 0 Å². The predicted octanol–water partition coefficient (Wildman–Crippen LogP) is 3.68. The minimum Gasteiger partial charge on any atom is -0.402 e. The molecule has 0 amide bonds. The molecule has 0 spiro atoms. The molecule has 1 aromatic heterocycles. The average molecular weight is 423 g/mol. The molecule has 0 radical (unpaired) electrons. The summed E-state index contributed by atoms with van der Waals surface area (Å²) in [5.74, 6) is 0.835. The largest absolute Gasteiger partial charge is 0.402 e. The van der Waals surface area contributed by atoms with Gasteiger partial charge in [-0.15, -0.1) is 0 Å². The SMILES string of the molecule is O=C1OC(c2cccc3ccccc23)=N/C1=C\N1CCN(c2nc3ccccc3[nH]2)CC1. The second kappa shape index (κ2) is 7.53. The van der Waals surface area contributed by atoms with E-state index in [1.807, 2.05) is 72.9 Å². The molecular weight excluding hydrogens is 402 g/mol. The number of H-pyrrole nitrogens is 1. The number of imidazole rings is 1. The second-order valence-electron chi connectivity index (χ2n) is 7.95. The number of nitrogens with one attached hydrogen (secondary N) is 1. The van der Waals surface area contributed by atoms with Crippen LogP contribution in [0.1, 0.15) is 5.56 Å². The van der Waals surface area contributed by atoms with Crippen LogP contribution in [0.5, 0.6) is 0 Å². The first-order chi connectivity index (χ1) is 15.7. The van der Waals surface area contributed by atoms with Crippen molar-refractivity contribution < 1.29 is 9.53 Å². The van der Waals surface area contributed by atoms with Crippen LogP contribution in [0.15, 0.2) is 83.6 Å². The minimum absolute atomic E-state index is 0.338. The molecule has 0 saturated carbocycles. The molecule has 2 aliphatic heterocycles. The molecule has 1 saturated heterocycles. The fourth-order valence-electron chi connectivity index (χ4n) is 4.25. The number of cyclic esters (lactones) is 1. The highest BCUT2D eigenvalue weighted by Gasteiger charge is 2.27. The summed E-state index contributed by atoms with van der Waals surface area (Å²) in [6, 6.07) is 22.0. The molecule has 158 valence electrons. The first-order valence-corrected chi connectivity index (χ1v) is 10.7. The molecule has 0 unspecified atom stereocenters. The van der Waals surface area contributed by atoms with Crippen molar-refractivity contribution in [1.82, 2.24) is 14.9 Å². The van der Waals surface area contributed by atoms with Crippen LogP contribution < -0.4 is 4.90 Å². The van der Waals surface area contributed by atoms with E-state index in [-0.39, 0.29) is 0 Å². The molecule has 1 fully saturated rings. The molecule has 3 aromatic carbocycles. The van der Waals surface area contributed by atoms with Gasteiger partial charge in [0.05, 0.1) is 11.0 Å². The lowest BCUT2D eigenvalue weighted by atomic mass is 10.0. The predicted molar refractivity (Wildman–Crippen MR) is 125 cm³/mol. The summed E-state index contributed by atoms with van der Waals surface area (Å²) in [4.78, 5) is 29.4. The van der Waals surface area contributed by atoms with E-state index in [4.69, 9.17) is 4.74 Å². The zero-order chi connectivity index (χ0) is 21.5. The fraction of sp³-hybridized carbons (Fsp3) is 0.160. The van der Waals surface area contributed by atoms with Crippen LogP contribution >= 0.6 is 0 Å². The second-order valence-corrected chi connectivity index (χ2v) is 7.95. The van der Waals surface area contributed by atoms with Gasteiger partial charge in [-0.1, -0.05) is 48.5 Å². The summed E-state index contributed by atoms with van der Waals surface area (Å²) in [6.45, 7) is 3.15. The first-order valence-electron chi connectivity index (χ1n) is 10.7. The normalized spacial score (nSPS) is 17.9. The molecular formula is C25H21N5O2. The number of aliphatic imine (C=N–C) groups is 1. The zero-order valence-electron chi connectivity index (χ0n) is 17.4. The van der Waals surface area contributed by atoms with Crippen molar-refractivity contribution in [1.29, 1.82) is 0 Å². The Morgan fingerprint density at radius 1 is 0.906 bits per heavy atom. The van der Waals surface area contributed by atoms with Crippen LogP contribution in [0.2, 0.25) is 0 Å². The summed E-state index contributed by atoms with van der Waals surface area (Å²) < 4.78 is 5.52. The Bertz CT molecular complexity index is 1360. The van der Waals surface area contributed by atoms with Crippen LogP contribution in [-0.2, 0) is 9.53 Å². The van der Waals surface area contributed by atoms with E-state index >= 15 is 0 Å². The van der Waals surface area contributed by atoms with Crippen LogP contribution in [0.3, 0.4) is 0 Å². The van der Waals surface area contributed by atoms with E-state index < -0.39 is 5.97 Å². The van der Waals surface area contributed by atoms with Crippen LogP contribution in [0.25, 0.3) is 21.8 Å². The maximum atomic E-state index is 12.5. The van der Waals surface area contributed by atoms with Crippen molar-refractivity contribution in [3.8, 4) is 0 Å². The number of nitrogens with zero attached hydrogens (tertiary/aromatic N) is 4. The molecule has 1 N–H and O–H groups in total. The van der Waals surface area contributed by atoms with E-state index in [0.717, 1.165) is 59.5 Å². The van der Waals surface area contributed by atoms with Crippen LogP contribution in [-0.4, -0.2) is 52.9 Å². The van der Waals surface area contributed by atoms with Gasteiger partial charge in [0, 0.05) is 37.9 Å². The fourth-order valence-corrected chi connectivity index (χ4v) is 4.25. The van der Waals surface area contributed by atoms with Gasteiger partial charge in [0.25, 0.3) is 0 Å². The Hall–Kier alpha value is -4.13. The van der Waals surface area contributed by atoms with Gasteiger partial charge in [0.2, 0.25) is 11.8 Å². The van der Waals surface area contributed by atoms with Crippen molar-refractivity contribution in [2.75, 3.05) is 31.1 Å². The first kappa shape index (κ1) is 18.6. The number of anilines is 1. The van der Waals surface area contributed by atoms with Gasteiger partial charge in [-0.3, -0.25) is 0 Å². The highest BCUT2D eigenvalue weighted by molar-refractivity contribution is 6.16. The lowest BCUT2D eigenvalue weighted by Crippen LogP contribution is -2.44. The number of aromatic amines is 1. The number of ether oxygens (including phenoxy) is 1. The smallest absolute Gasteiger partial charge is 0.365 e. The number of fused-ring (bicyclic) bond motifs is 2. The molecule has 6 rings (SSSR count). The summed E-state index contributed by atoms with van der Waals surface area (Å²) in [7, 11) is 0. The van der Waals surface area contributed by atoms with Crippen molar-refractivity contribution in [2.24, 2.45) is 4.99 Å².